The van der Waals surface area contributed by atoms with E-state index in [-0.39, 0.29) is 0 Å². The fourth-order valence-electron chi connectivity index (χ4n) is 1.59. The molecule has 0 bridgehead atoms. The molecule has 0 aliphatic carbocycles. The van der Waals surface area contributed by atoms with E-state index in [9.17, 15) is 0 Å². The van der Waals surface area contributed by atoms with E-state index in [2.05, 4.69) is 18.8 Å². The van der Waals surface area contributed by atoms with Crippen LogP contribution in [-0.2, 0) is 0 Å². The molecule has 0 aromatic carbocycles. The molecule has 13 heavy (non-hydrogen) atoms. The molecule has 3 aliphatic rings. The Kier molecular flexibility index (Phi) is 1.25. The van der Waals surface area contributed by atoms with Gasteiger partial charge in [0.1, 0.15) is 0 Å². The highest BCUT2D eigenvalue weighted by Crippen LogP contribution is 2.32. The summed E-state index contributed by atoms with van der Waals surface area (Å²) >= 11 is 0. The monoisotopic (exact) mass is 168 g/mol. The van der Waals surface area contributed by atoms with Gasteiger partial charge in [-0.25, -0.2) is 0 Å². The molecular weight excluding hydrogens is 160 g/mol. The third kappa shape index (κ3) is 0.886. The first kappa shape index (κ1) is 6.78. The average Bonchev–Trinajstić information content (AvgIpc) is 2.56. The van der Waals surface area contributed by atoms with E-state index in [0.717, 1.165) is 0 Å². The van der Waals surface area contributed by atoms with Crippen LogP contribution in [0.1, 0.15) is 0 Å². The van der Waals surface area contributed by atoms with Crippen molar-refractivity contribution in [3.05, 3.63) is 66.9 Å². The number of fused-ring (bicyclic) bond motifs is 2. The van der Waals surface area contributed by atoms with Crippen molar-refractivity contribution < 1.29 is 0 Å². The summed E-state index contributed by atoms with van der Waals surface area (Å²) in [5, 5.41) is 0. The summed E-state index contributed by atoms with van der Waals surface area (Å²) in [6.45, 7) is 3.21. The van der Waals surface area contributed by atoms with E-state index in [1.54, 1.807) is 0 Å². The first-order chi connectivity index (χ1) is 6.45. The molecular formula is C11H8N2. The van der Waals surface area contributed by atoms with Crippen LogP contribution in [0.2, 0.25) is 0 Å². The number of allylic oxidation sites excluding steroid dienone is 6. The van der Waals surface area contributed by atoms with Gasteiger partial charge in [0.25, 0.3) is 0 Å². The predicted octanol–water partition coefficient (Wildman–Crippen LogP) is 1.98. The maximum absolute atomic E-state index is 3.21. The highest BCUT2D eigenvalue weighted by molar-refractivity contribution is 5.44. The minimum Gasteiger partial charge on any atom is -0.315 e. The van der Waals surface area contributed by atoms with Gasteiger partial charge in [0, 0.05) is 12.4 Å². The Morgan fingerprint density at radius 3 is 1.85 bits per heavy atom. The van der Waals surface area contributed by atoms with Gasteiger partial charge in [-0.1, -0.05) is 12.2 Å². The lowest BCUT2D eigenvalue weighted by Crippen LogP contribution is -2.14. The molecule has 62 valence electrons. The SMILES string of the molecule is [C]1N2C=CC=CC2=C2C=CC=CN12. The Balaban J connectivity index is 2.11. The van der Waals surface area contributed by atoms with Gasteiger partial charge in [-0.2, -0.15) is 0 Å². The number of nitrogens with zero attached hydrogens (tertiary/aromatic N) is 2. The van der Waals surface area contributed by atoms with Gasteiger partial charge in [-0.3, -0.25) is 0 Å². The minimum absolute atomic E-state index is 1.18. The molecule has 0 amide bonds. The molecule has 2 nitrogen and oxygen atoms in total. The maximum Gasteiger partial charge on any atom is 0.217 e. The van der Waals surface area contributed by atoms with Crippen molar-refractivity contribution in [3.63, 3.8) is 0 Å². The van der Waals surface area contributed by atoms with Gasteiger partial charge >= 0.3 is 0 Å². The molecule has 0 aromatic heterocycles. The summed E-state index contributed by atoms with van der Waals surface area (Å²) in [4.78, 5) is 3.99. The van der Waals surface area contributed by atoms with Crippen molar-refractivity contribution in [1.82, 2.24) is 9.80 Å². The summed E-state index contributed by atoms with van der Waals surface area (Å²) in [5.74, 6) is 0. The van der Waals surface area contributed by atoms with Crippen molar-refractivity contribution in [2.45, 2.75) is 0 Å². The molecule has 3 rings (SSSR count). The predicted molar refractivity (Wildman–Crippen MR) is 50.5 cm³/mol. The Hall–Kier alpha value is -1.70. The summed E-state index contributed by atoms with van der Waals surface area (Å²) in [6.07, 6.45) is 16.3. The van der Waals surface area contributed by atoms with E-state index >= 15 is 0 Å². The lowest BCUT2D eigenvalue weighted by atomic mass is 10.2. The lowest BCUT2D eigenvalue weighted by molar-refractivity contribution is 0.470. The molecule has 2 radical (unpaired) electrons. The molecule has 0 saturated carbocycles. The van der Waals surface area contributed by atoms with Gasteiger partial charge in [0.15, 0.2) is 0 Å². The van der Waals surface area contributed by atoms with Crippen LogP contribution in [0.3, 0.4) is 0 Å². The van der Waals surface area contributed by atoms with Crippen molar-refractivity contribution in [2.75, 3.05) is 0 Å². The van der Waals surface area contributed by atoms with Crippen LogP contribution in [-0.4, -0.2) is 9.80 Å². The van der Waals surface area contributed by atoms with Gasteiger partial charge in [-0.05, 0) is 24.3 Å². The van der Waals surface area contributed by atoms with Crippen LogP contribution in [0.4, 0.5) is 0 Å². The van der Waals surface area contributed by atoms with Crippen LogP contribution in [0.5, 0.6) is 0 Å². The molecule has 0 unspecified atom stereocenters. The second-order valence-electron chi connectivity index (χ2n) is 3.01. The summed E-state index contributed by atoms with van der Waals surface area (Å²) in [5.41, 5.74) is 2.37. The number of rotatable bonds is 0. The molecule has 0 saturated heterocycles. The third-order valence-electron chi connectivity index (χ3n) is 2.20. The summed E-state index contributed by atoms with van der Waals surface area (Å²) in [6, 6.07) is 0. The molecule has 0 spiro atoms. The van der Waals surface area contributed by atoms with Crippen LogP contribution in [0.25, 0.3) is 0 Å². The second kappa shape index (κ2) is 2.39. The zero-order chi connectivity index (χ0) is 8.67. The largest absolute Gasteiger partial charge is 0.315 e. The molecule has 0 aromatic rings. The zero-order valence-electron chi connectivity index (χ0n) is 7.01. The van der Waals surface area contributed by atoms with Crippen LogP contribution in [0, 0.1) is 6.67 Å². The van der Waals surface area contributed by atoms with E-state index < -0.39 is 0 Å². The maximum atomic E-state index is 3.21. The van der Waals surface area contributed by atoms with E-state index in [0.29, 0.717) is 0 Å². The molecule has 2 heteroatoms. The highest BCUT2D eigenvalue weighted by atomic mass is 15.4. The quantitative estimate of drug-likeness (QED) is 0.545. The van der Waals surface area contributed by atoms with Crippen molar-refractivity contribution in [2.24, 2.45) is 0 Å². The normalized spacial score (nSPS) is 22.8. The molecule has 0 atom stereocenters. The Morgan fingerprint density at radius 1 is 0.769 bits per heavy atom. The van der Waals surface area contributed by atoms with Gasteiger partial charge < -0.3 is 9.80 Å². The van der Waals surface area contributed by atoms with Gasteiger partial charge in [0.05, 0.1) is 11.4 Å². The van der Waals surface area contributed by atoms with Gasteiger partial charge in [0.2, 0.25) is 6.67 Å². The third-order valence-corrected chi connectivity index (χ3v) is 2.20. The van der Waals surface area contributed by atoms with Crippen molar-refractivity contribution in [1.29, 1.82) is 0 Å². The van der Waals surface area contributed by atoms with Crippen molar-refractivity contribution >= 4 is 0 Å². The first-order valence-corrected chi connectivity index (χ1v) is 4.24. The van der Waals surface area contributed by atoms with E-state index in [1.807, 2.05) is 46.5 Å². The second-order valence-corrected chi connectivity index (χ2v) is 3.01. The Labute approximate surface area is 77.4 Å². The molecule has 0 fully saturated rings. The summed E-state index contributed by atoms with van der Waals surface area (Å²) in [7, 11) is 0. The number of hydrogen-bond donors (Lipinski definition) is 0. The molecule has 3 heterocycles. The first-order valence-electron chi connectivity index (χ1n) is 4.24. The average molecular weight is 168 g/mol. The van der Waals surface area contributed by atoms with Crippen LogP contribution < -0.4 is 0 Å². The van der Waals surface area contributed by atoms with Crippen molar-refractivity contribution in [3.8, 4) is 0 Å². The van der Waals surface area contributed by atoms with Gasteiger partial charge in [-0.15, -0.1) is 0 Å². The topological polar surface area (TPSA) is 6.48 Å². The standard InChI is InChI=1S/C11H8N2/c1-3-7-12-9-13-8-4-2-6-11(13)10(12)5-1/h1-8H. The highest BCUT2D eigenvalue weighted by Gasteiger charge is 2.26. The van der Waals surface area contributed by atoms with E-state index in [4.69, 9.17) is 0 Å². The molecule has 0 N–H and O–H groups in total. The smallest absolute Gasteiger partial charge is 0.217 e. The Morgan fingerprint density at radius 2 is 1.31 bits per heavy atom. The van der Waals surface area contributed by atoms with Crippen LogP contribution >= 0.6 is 0 Å². The van der Waals surface area contributed by atoms with Crippen LogP contribution in [0.15, 0.2) is 60.3 Å². The van der Waals surface area contributed by atoms with E-state index in [1.165, 1.54) is 11.4 Å². The zero-order valence-corrected chi connectivity index (χ0v) is 7.01. The fraction of sp³-hybridized carbons (Fsp3) is 0. The number of hydrogen-bond acceptors (Lipinski definition) is 2. The lowest BCUT2D eigenvalue weighted by Gasteiger charge is -2.16. The minimum atomic E-state index is 1.18. The molecule has 3 aliphatic heterocycles. The Bertz CT molecular complexity index is 347. The fourth-order valence-corrected chi connectivity index (χ4v) is 1.59. The summed E-state index contributed by atoms with van der Waals surface area (Å²) < 4.78 is 0.